The first-order valence-corrected chi connectivity index (χ1v) is 7.30. The molecule has 0 radical (unpaired) electrons. The third-order valence-electron chi connectivity index (χ3n) is 4.00. The van der Waals surface area contributed by atoms with Crippen molar-refractivity contribution < 1.29 is 9.13 Å². The number of halogens is 1. The Morgan fingerprint density at radius 1 is 1.18 bits per heavy atom. The van der Waals surface area contributed by atoms with Gasteiger partial charge in [-0.15, -0.1) is 0 Å². The predicted octanol–water partition coefficient (Wildman–Crippen LogP) is 3.30. The number of para-hydroxylation sites is 1. The Hall–Kier alpha value is -2.46. The summed E-state index contributed by atoms with van der Waals surface area (Å²) < 4.78 is 19.8. The minimum atomic E-state index is -0.273. The zero-order chi connectivity index (χ0) is 15.1. The molecule has 0 fully saturated rings. The summed E-state index contributed by atoms with van der Waals surface area (Å²) in [6.07, 6.45) is 0.556. The van der Waals surface area contributed by atoms with Gasteiger partial charge in [0.25, 0.3) is 0 Å². The molecule has 2 N–H and O–H groups in total. The van der Waals surface area contributed by atoms with Crippen molar-refractivity contribution in [2.75, 3.05) is 6.54 Å². The normalized spacial score (nSPS) is 16.5. The molecule has 0 unspecified atom stereocenters. The van der Waals surface area contributed by atoms with Crippen LogP contribution in [0.1, 0.15) is 5.56 Å². The third kappa shape index (κ3) is 2.12. The molecular weight excluding hydrogens is 279 g/mol. The summed E-state index contributed by atoms with van der Waals surface area (Å²) in [5.41, 5.74) is 8.83. The van der Waals surface area contributed by atoms with Crippen LogP contribution in [0, 0.1) is 5.82 Å². The molecule has 0 spiro atoms. The Balaban J connectivity index is 1.88. The average molecular weight is 294 g/mol. The van der Waals surface area contributed by atoms with E-state index in [0.29, 0.717) is 30.0 Å². The molecule has 2 aromatic carbocycles. The van der Waals surface area contributed by atoms with E-state index in [1.165, 1.54) is 12.1 Å². The van der Waals surface area contributed by atoms with Crippen LogP contribution in [0.5, 0.6) is 5.75 Å². The highest BCUT2D eigenvalue weighted by Gasteiger charge is 2.26. The number of hydrogen-bond donors (Lipinski definition) is 1. The molecule has 2 heterocycles. The number of nitrogens with two attached hydrogens (primary N) is 1. The Kier molecular flexibility index (Phi) is 3.05. The zero-order valence-corrected chi connectivity index (χ0v) is 11.9. The second-order valence-electron chi connectivity index (χ2n) is 5.51. The van der Waals surface area contributed by atoms with E-state index >= 15 is 0 Å². The Bertz CT molecular complexity index is 863. The summed E-state index contributed by atoms with van der Waals surface area (Å²) in [6, 6.07) is 14.8. The maximum Gasteiger partial charge on any atom is 0.132 e. The quantitative estimate of drug-likeness (QED) is 0.789. The van der Waals surface area contributed by atoms with Crippen molar-refractivity contribution in [3.8, 4) is 17.0 Å². The molecule has 3 aromatic rings. The van der Waals surface area contributed by atoms with Crippen LogP contribution in [0.2, 0.25) is 0 Å². The lowest BCUT2D eigenvalue weighted by molar-refractivity contribution is 0.242. The second-order valence-corrected chi connectivity index (χ2v) is 5.51. The second kappa shape index (κ2) is 5.07. The minimum Gasteiger partial charge on any atom is -0.488 e. The van der Waals surface area contributed by atoms with Crippen molar-refractivity contribution in [2.45, 2.75) is 12.5 Å². The third-order valence-corrected chi connectivity index (χ3v) is 4.00. The van der Waals surface area contributed by atoms with Gasteiger partial charge in [0, 0.05) is 29.5 Å². The van der Waals surface area contributed by atoms with Crippen molar-refractivity contribution in [3.05, 3.63) is 59.9 Å². The lowest BCUT2D eigenvalue weighted by Crippen LogP contribution is -2.24. The molecule has 0 aliphatic carbocycles. The summed E-state index contributed by atoms with van der Waals surface area (Å²) in [7, 11) is 0. The molecule has 4 heteroatoms. The number of aromatic nitrogens is 1. The summed E-state index contributed by atoms with van der Waals surface area (Å²) in [4.78, 5) is 4.64. The highest BCUT2D eigenvalue weighted by Crippen LogP contribution is 2.39. The standard InChI is InChI=1S/C18H15FN2O/c19-13-7-12-8-14(10-20)22-18(12)15(9-13)17-6-5-11-3-1-2-4-16(11)21-17/h1-7,9,14H,8,10,20H2/t14-/m1/s1. The summed E-state index contributed by atoms with van der Waals surface area (Å²) in [6.45, 7) is 0.418. The summed E-state index contributed by atoms with van der Waals surface area (Å²) in [5, 5.41) is 1.06. The van der Waals surface area contributed by atoms with Gasteiger partial charge in [-0.1, -0.05) is 24.3 Å². The number of hydrogen-bond acceptors (Lipinski definition) is 3. The van der Waals surface area contributed by atoms with Gasteiger partial charge in [-0.05, 0) is 24.3 Å². The van der Waals surface area contributed by atoms with Crippen molar-refractivity contribution >= 4 is 10.9 Å². The molecule has 22 heavy (non-hydrogen) atoms. The number of fused-ring (bicyclic) bond motifs is 2. The molecule has 1 aliphatic heterocycles. The van der Waals surface area contributed by atoms with Crippen molar-refractivity contribution in [3.63, 3.8) is 0 Å². The maximum atomic E-state index is 13.9. The molecule has 1 atom stereocenters. The van der Waals surface area contributed by atoms with Crippen LogP contribution in [-0.2, 0) is 6.42 Å². The fourth-order valence-corrected chi connectivity index (χ4v) is 2.93. The van der Waals surface area contributed by atoms with E-state index in [-0.39, 0.29) is 11.9 Å². The van der Waals surface area contributed by atoms with Crippen molar-refractivity contribution in [2.24, 2.45) is 5.73 Å². The topological polar surface area (TPSA) is 48.1 Å². The van der Waals surface area contributed by atoms with Gasteiger partial charge in [0.2, 0.25) is 0 Å². The van der Waals surface area contributed by atoms with E-state index in [9.17, 15) is 4.39 Å². The Morgan fingerprint density at radius 3 is 2.91 bits per heavy atom. The van der Waals surface area contributed by atoms with Gasteiger partial charge in [0.05, 0.1) is 11.2 Å². The smallest absolute Gasteiger partial charge is 0.132 e. The van der Waals surface area contributed by atoms with E-state index in [0.717, 1.165) is 16.5 Å². The highest BCUT2D eigenvalue weighted by molar-refractivity contribution is 5.82. The fourth-order valence-electron chi connectivity index (χ4n) is 2.93. The van der Waals surface area contributed by atoms with E-state index in [1.54, 1.807) is 0 Å². The van der Waals surface area contributed by atoms with Crippen LogP contribution in [0.4, 0.5) is 4.39 Å². The monoisotopic (exact) mass is 294 g/mol. The van der Waals surface area contributed by atoms with Crippen LogP contribution in [0.3, 0.4) is 0 Å². The molecule has 0 amide bonds. The molecular formula is C18H15FN2O. The maximum absolute atomic E-state index is 13.9. The largest absolute Gasteiger partial charge is 0.488 e. The highest BCUT2D eigenvalue weighted by atomic mass is 19.1. The number of rotatable bonds is 2. The van der Waals surface area contributed by atoms with Gasteiger partial charge in [0.1, 0.15) is 17.7 Å². The minimum absolute atomic E-state index is 0.0870. The first-order chi connectivity index (χ1) is 10.7. The van der Waals surface area contributed by atoms with E-state index < -0.39 is 0 Å². The SMILES string of the molecule is NC[C@H]1Cc2cc(F)cc(-c3ccc4ccccc4n3)c2O1. The van der Waals surface area contributed by atoms with Crippen LogP contribution in [0.15, 0.2) is 48.5 Å². The molecule has 3 nitrogen and oxygen atoms in total. The molecule has 4 rings (SSSR count). The number of nitrogens with zero attached hydrogens (tertiary/aromatic N) is 1. The van der Waals surface area contributed by atoms with Gasteiger partial charge < -0.3 is 10.5 Å². The van der Waals surface area contributed by atoms with Crippen LogP contribution >= 0.6 is 0 Å². The van der Waals surface area contributed by atoms with Crippen molar-refractivity contribution in [1.82, 2.24) is 4.98 Å². The number of ether oxygens (including phenoxy) is 1. The van der Waals surface area contributed by atoms with Crippen molar-refractivity contribution in [1.29, 1.82) is 0 Å². The van der Waals surface area contributed by atoms with E-state index in [1.807, 2.05) is 36.4 Å². The average Bonchev–Trinajstić information content (AvgIpc) is 2.96. The van der Waals surface area contributed by atoms with Crippen LogP contribution in [-0.4, -0.2) is 17.6 Å². The lowest BCUT2D eigenvalue weighted by atomic mass is 10.0. The first-order valence-electron chi connectivity index (χ1n) is 7.30. The molecule has 1 aliphatic rings. The number of pyridine rings is 1. The van der Waals surface area contributed by atoms with Crippen LogP contribution < -0.4 is 10.5 Å². The van der Waals surface area contributed by atoms with E-state index in [2.05, 4.69) is 4.98 Å². The molecule has 0 saturated heterocycles. The Morgan fingerprint density at radius 2 is 2.05 bits per heavy atom. The first kappa shape index (κ1) is 13.2. The van der Waals surface area contributed by atoms with E-state index in [4.69, 9.17) is 10.5 Å². The fraction of sp³-hybridized carbons (Fsp3) is 0.167. The molecule has 110 valence electrons. The molecule has 0 bridgehead atoms. The van der Waals surface area contributed by atoms with Gasteiger partial charge in [-0.3, -0.25) is 0 Å². The van der Waals surface area contributed by atoms with Gasteiger partial charge in [0.15, 0.2) is 0 Å². The van der Waals surface area contributed by atoms with Gasteiger partial charge >= 0.3 is 0 Å². The van der Waals surface area contributed by atoms with Gasteiger partial charge in [-0.2, -0.15) is 0 Å². The summed E-state index contributed by atoms with van der Waals surface area (Å²) in [5.74, 6) is 0.435. The zero-order valence-electron chi connectivity index (χ0n) is 11.9. The Labute approximate surface area is 127 Å². The molecule has 0 saturated carbocycles. The van der Waals surface area contributed by atoms with Gasteiger partial charge in [-0.25, -0.2) is 9.37 Å². The number of benzene rings is 2. The predicted molar refractivity (Wildman–Crippen MR) is 84.3 cm³/mol. The summed E-state index contributed by atoms with van der Waals surface area (Å²) >= 11 is 0. The van der Waals surface area contributed by atoms with Crippen LogP contribution in [0.25, 0.3) is 22.2 Å². The lowest BCUT2D eigenvalue weighted by Gasteiger charge is -2.11. The molecule has 1 aromatic heterocycles.